The molecule has 11 heteroatoms. The lowest BCUT2D eigenvalue weighted by Crippen LogP contribution is -2.44. The third-order valence-electron chi connectivity index (χ3n) is 10.1. The van der Waals surface area contributed by atoms with E-state index in [2.05, 4.69) is 29.7 Å². The van der Waals surface area contributed by atoms with Crippen molar-refractivity contribution in [3.05, 3.63) is 0 Å². The molecule has 2 aliphatic carbocycles. The molecule has 0 aromatic heterocycles. The largest absolute Gasteiger partial charge is 0.392 e. The predicted molar refractivity (Wildman–Crippen MR) is 129 cm³/mol. The van der Waals surface area contributed by atoms with Crippen molar-refractivity contribution in [1.82, 2.24) is 25.6 Å². The zero-order valence-electron chi connectivity index (χ0n) is 22.0. The van der Waals surface area contributed by atoms with Gasteiger partial charge in [0.05, 0.1) is 25.3 Å². The highest BCUT2D eigenvalue weighted by Crippen LogP contribution is 2.51. The Kier molecular flexibility index (Phi) is 7.81. The van der Waals surface area contributed by atoms with Gasteiger partial charge in [-0.1, -0.05) is 19.8 Å². The SMILES string of the molecule is C[C@H](CC1NNCN1C)C1CCCC(N2CC3C(CC(CN4CCC(F)(F)C4)CC3C(F)(F)F)C2=O)C1. The van der Waals surface area contributed by atoms with E-state index in [1.165, 1.54) is 0 Å². The van der Waals surface area contributed by atoms with Crippen LogP contribution < -0.4 is 10.9 Å². The second kappa shape index (κ2) is 10.5. The Balaban J connectivity index is 1.24. The zero-order valence-corrected chi connectivity index (χ0v) is 22.0. The van der Waals surface area contributed by atoms with Crippen LogP contribution in [0.4, 0.5) is 22.0 Å². The molecule has 0 bridgehead atoms. The maximum absolute atomic E-state index is 14.2. The van der Waals surface area contributed by atoms with Gasteiger partial charge in [0.1, 0.15) is 0 Å². The van der Waals surface area contributed by atoms with Gasteiger partial charge in [0.25, 0.3) is 5.92 Å². The number of likely N-dealkylation sites (tertiary alicyclic amines) is 2. The number of nitrogens with one attached hydrogen (secondary N) is 2. The monoisotopic (exact) mass is 535 g/mol. The first kappa shape index (κ1) is 27.5. The Morgan fingerprint density at radius 1 is 1.16 bits per heavy atom. The number of rotatable bonds is 6. The fraction of sp³-hybridized carbons (Fsp3) is 0.962. The van der Waals surface area contributed by atoms with Crippen LogP contribution >= 0.6 is 0 Å². The lowest BCUT2D eigenvalue weighted by atomic mass is 9.68. The van der Waals surface area contributed by atoms with Crippen molar-refractivity contribution in [3.63, 3.8) is 0 Å². The van der Waals surface area contributed by atoms with E-state index in [0.29, 0.717) is 18.3 Å². The molecule has 6 nitrogen and oxygen atoms in total. The van der Waals surface area contributed by atoms with Gasteiger partial charge in [-0.3, -0.25) is 14.6 Å². The van der Waals surface area contributed by atoms with E-state index < -0.39 is 36.4 Å². The molecule has 3 saturated heterocycles. The van der Waals surface area contributed by atoms with Gasteiger partial charge < -0.3 is 4.90 Å². The number of hydrogen-bond acceptors (Lipinski definition) is 5. The molecule has 5 fully saturated rings. The lowest BCUT2D eigenvalue weighted by Gasteiger charge is -2.39. The third-order valence-corrected chi connectivity index (χ3v) is 10.1. The van der Waals surface area contributed by atoms with Crippen LogP contribution in [-0.4, -0.2) is 84.8 Å². The molecule has 2 N–H and O–H groups in total. The summed E-state index contributed by atoms with van der Waals surface area (Å²) in [6.45, 7) is 3.26. The molecule has 1 amide bonds. The molecule has 2 saturated carbocycles. The summed E-state index contributed by atoms with van der Waals surface area (Å²) in [5, 5.41) is 0. The summed E-state index contributed by atoms with van der Waals surface area (Å²) in [5.74, 6) is -5.30. The standard InChI is InChI=1S/C26H42F5N5O/c1-16(8-23-33-32-15-34(23)2)18-4-3-5-19(11-18)36-13-21-20(24(36)37)9-17(10-22(21)26(29,30)31)12-35-7-6-25(27,28)14-35/h16-23,32-33H,3-15H2,1-2H3/t16-,17?,18?,19?,20?,21?,22?,23?/m1/s1. The number of hydrazine groups is 1. The molecule has 7 unspecified atom stereocenters. The molecule has 5 aliphatic rings. The Bertz CT molecular complexity index is 828. The summed E-state index contributed by atoms with van der Waals surface area (Å²) in [7, 11) is 2.07. The van der Waals surface area contributed by atoms with Crippen LogP contribution in [0.1, 0.15) is 58.3 Å². The molecular formula is C26H42F5N5O. The summed E-state index contributed by atoms with van der Waals surface area (Å²) >= 11 is 0. The molecule has 0 radical (unpaired) electrons. The number of carbonyl (C=O) groups is 1. The Labute approximate surface area is 216 Å². The van der Waals surface area contributed by atoms with Crippen molar-refractivity contribution >= 4 is 5.91 Å². The van der Waals surface area contributed by atoms with Gasteiger partial charge >= 0.3 is 6.18 Å². The van der Waals surface area contributed by atoms with Gasteiger partial charge in [0.2, 0.25) is 5.91 Å². The number of amides is 1. The molecule has 0 aromatic rings. The quantitative estimate of drug-likeness (QED) is 0.506. The van der Waals surface area contributed by atoms with E-state index in [4.69, 9.17) is 0 Å². The minimum Gasteiger partial charge on any atom is -0.339 e. The van der Waals surface area contributed by atoms with E-state index in [1.807, 2.05) is 0 Å². The van der Waals surface area contributed by atoms with Gasteiger partial charge in [-0.25, -0.2) is 19.6 Å². The summed E-state index contributed by atoms with van der Waals surface area (Å²) in [4.78, 5) is 19.2. The maximum atomic E-state index is 14.2. The van der Waals surface area contributed by atoms with Crippen molar-refractivity contribution in [3.8, 4) is 0 Å². The van der Waals surface area contributed by atoms with Crippen LogP contribution in [0.2, 0.25) is 0 Å². The molecule has 5 rings (SSSR count). The minimum atomic E-state index is -4.38. The first-order valence-corrected chi connectivity index (χ1v) is 14.1. The number of carbonyl (C=O) groups excluding carboxylic acids is 1. The topological polar surface area (TPSA) is 50.9 Å². The van der Waals surface area contributed by atoms with Crippen molar-refractivity contribution in [2.45, 2.75) is 82.6 Å². The molecule has 3 heterocycles. The summed E-state index contributed by atoms with van der Waals surface area (Å²) in [6.07, 6.45) is 0.696. The van der Waals surface area contributed by atoms with Crippen LogP contribution in [0.15, 0.2) is 0 Å². The van der Waals surface area contributed by atoms with Gasteiger partial charge in [-0.15, -0.1) is 0 Å². The Morgan fingerprint density at radius 2 is 1.95 bits per heavy atom. The number of alkyl halides is 5. The lowest BCUT2D eigenvalue weighted by molar-refractivity contribution is -0.204. The second-order valence-corrected chi connectivity index (χ2v) is 12.6. The van der Waals surface area contributed by atoms with E-state index in [1.54, 1.807) is 9.80 Å². The van der Waals surface area contributed by atoms with E-state index in [-0.39, 0.29) is 56.5 Å². The number of fused-ring (bicyclic) bond motifs is 1. The fourth-order valence-corrected chi connectivity index (χ4v) is 7.99. The van der Waals surface area contributed by atoms with Gasteiger partial charge in [-0.05, 0) is 62.8 Å². The molecule has 0 aromatic carbocycles. The van der Waals surface area contributed by atoms with Crippen LogP contribution in [0, 0.1) is 35.5 Å². The van der Waals surface area contributed by atoms with Crippen LogP contribution in [0.25, 0.3) is 0 Å². The van der Waals surface area contributed by atoms with Gasteiger partial charge in [0.15, 0.2) is 0 Å². The number of halogens is 5. The van der Waals surface area contributed by atoms with E-state index >= 15 is 0 Å². The third kappa shape index (κ3) is 5.94. The molecule has 37 heavy (non-hydrogen) atoms. The molecule has 212 valence electrons. The summed E-state index contributed by atoms with van der Waals surface area (Å²) < 4.78 is 70.0. The van der Waals surface area contributed by atoms with Crippen molar-refractivity contribution < 1.29 is 26.7 Å². The maximum Gasteiger partial charge on any atom is 0.392 e. The number of hydrogen-bond donors (Lipinski definition) is 2. The first-order chi connectivity index (χ1) is 17.4. The van der Waals surface area contributed by atoms with Crippen molar-refractivity contribution in [1.29, 1.82) is 0 Å². The van der Waals surface area contributed by atoms with Crippen LogP contribution in [0.5, 0.6) is 0 Å². The Hall–Kier alpha value is -1.04. The normalized spacial score (nSPS) is 40.4. The highest BCUT2D eigenvalue weighted by molar-refractivity contribution is 5.82. The molecule has 0 spiro atoms. The number of nitrogens with zero attached hydrogens (tertiary/aromatic N) is 3. The molecule has 8 atom stereocenters. The Morgan fingerprint density at radius 3 is 2.59 bits per heavy atom. The summed E-state index contributed by atoms with van der Waals surface area (Å²) in [5.41, 5.74) is 6.45. The second-order valence-electron chi connectivity index (χ2n) is 12.6. The summed E-state index contributed by atoms with van der Waals surface area (Å²) in [6, 6.07) is -0.00343. The highest BCUT2D eigenvalue weighted by atomic mass is 19.4. The molecular weight excluding hydrogens is 493 g/mol. The van der Waals surface area contributed by atoms with Crippen molar-refractivity contribution in [2.75, 3.05) is 39.9 Å². The molecule has 3 aliphatic heterocycles. The van der Waals surface area contributed by atoms with Gasteiger partial charge in [-0.2, -0.15) is 13.2 Å². The fourth-order valence-electron chi connectivity index (χ4n) is 7.99. The average molecular weight is 536 g/mol. The van der Waals surface area contributed by atoms with Crippen molar-refractivity contribution in [2.24, 2.45) is 35.5 Å². The predicted octanol–water partition coefficient (Wildman–Crippen LogP) is 3.90. The van der Waals surface area contributed by atoms with Crippen LogP contribution in [0.3, 0.4) is 0 Å². The smallest absolute Gasteiger partial charge is 0.339 e. The van der Waals surface area contributed by atoms with E-state index in [0.717, 1.165) is 38.8 Å². The van der Waals surface area contributed by atoms with Crippen LogP contribution in [-0.2, 0) is 4.79 Å². The minimum absolute atomic E-state index is 0.00343. The highest BCUT2D eigenvalue weighted by Gasteiger charge is 2.58. The van der Waals surface area contributed by atoms with E-state index in [9.17, 15) is 26.7 Å². The van der Waals surface area contributed by atoms with Gasteiger partial charge in [0, 0.05) is 38.0 Å². The first-order valence-electron chi connectivity index (χ1n) is 14.1. The average Bonchev–Trinajstić information content (AvgIpc) is 3.50. The zero-order chi connectivity index (χ0) is 26.5.